The standard InChI is InChI=1S/C23H28N4O5/c1-5-12-32-18-10-9-15(14(3)28)13-16(18)22-24-20-17(6-2)27(11-7-8-19(29)31-4)26-21(20)23(30)25-22/h9-10,13H,5-8,11-12H2,1-4H3,(H,24,25,30). The molecule has 170 valence electrons. The molecule has 2 heterocycles. The van der Waals surface area contributed by atoms with E-state index in [0.717, 1.165) is 12.1 Å². The van der Waals surface area contributed by atoms with Gasteiger partial charge in [-0.05, 0) is 44.4 Å². The number of rotatable bonds is 10. The average Bonchev–Trinajstić information content (AvgIpc) is 3.15. The summed E-state index contributed by atoms with van der Waals surface area (Å²) in [6.45, 7) is 6.41. The van der Waals surface area contributed by atoms with Gasteiger partial charge in [-0.2, -0.15) is 5.10 Å². The summed E-state index contributed by atoms with van der Waals surface area (Å²) in [5.74, 6) is 0.482. The number of carbonyl (C=O) groups excluding carboxylic acids is 2. The van der Waals surface area contributed by atoms with Gasteiger partial charge in [0.2, 0.25) is 0 Å². The van der Waals surface area contributed by atoms with Crippen molar-refractivity contribution < 1.29 is 19.1 Å². The highest BCUT2D eigenvalue weighted by Crippen LogP contribution is 2.30. The molecule has 0 atom stereocenters. The van der Waals surface area contributed by atoms with Crippen molar-refractivity contribution in [1.82, 2.24) is 19.7 Å². The monoisotopic (exact) mass is 440 g/mol. The number of methoxy groups -OCH3 is 1. The molecule has 0 fully saturated rings. The molecule has 9 heteroatoms. The number of fused-ring (bicyclic) bond motifs is 1. The summed E-state index contributed by atoms with van der Waals surface area (Å²) >= 11 is 0. The number of nitrogens with zero attached hydrogens (tertiary/aromatic N) is 3. The van der Waals surface area contributed by atoms with Crippen LogP contribution < -0.4 is 10.3 Å². The number of hydrogen-bond donors (Lipinski definition) is 1. The summed E-state index contributed by atoms with van der Waals surface area (Å²) in [4.78, 5) is 43.7. The van der Waals surface area contributed by atoms with Gasteiger partial charge in [-0.25, -0.2) is 4.98 Å². The lowest BCUT2D eigenvalue weighted by Gasteiger charge is -2.12. The number of Topliss-reactive ketones (excluding diaryl/α,β-unsaturated/α-hetero) is 1. The van der Waals surface area contributed by atoms with Gasteiger partial charge in [0.1, 0.15) is 17.1 Å². The van der Waals surface area contributed by atoms with Gasteiger partial charge in [0.05, 0.1) is 25.0 Å². The predicted octanol–water partition coefficient (Wildman–Crippen LogP) is 3.29. The number of hydrogen-bond acceptors (Lipinski definition) is 7. The first kappa shape index (κ1) is 23.2. The minimum Gasteiger partial charge on any atom is -0.493 e. The van der Waals surface area contributed by atoms with Crippen LogP contribution in [0.25, 0.3) is 22.4 Å². The number of nitrogens with one attached hydrogen (secondary N) is 1. The van der Waals surface area contributed by atoms with E-state index in [2.05, 4.69) is 14.8 Å². The molecule has 0 aliphatic heterocycles. The van der Waals surface area contributed by atoms with Crippen molar-refractivity contribution in [2.24, 2.45) is 0 Å². The zero-order valence-electron chi connectivity index (χ0n) is 18.9. The van der Waals surface area contributed by atoms with Crippen molar-refractivity contribution >= 4 is 22.8 Å². The Labute approximate surface area is 185 Å². The maximum absolute atomic E-state index is 12.9. The van der Waals surface area contributed by atoms with E-state index in [9.17, 15) is 14.4 Å². The highest BCUT2D eigenvalue weighted by molar-refractivity contribution is 5.95. The smallest absolute Gasteiger partial charge is 0.305 e. The van der Waals surface area contributed by atoms with Crippen molar-refractivity contribution in [2.75, 3.05) is 13.7 Å². The Bertz CT molecular complexity index is 1200. The lowest BCUT2D eigenvalue weighted by Crippen LogP contribution is -2.11. The van der Waals surface area contributed by atoms with E-state index in [1.165, 1.54) is 14.0 Å². The molecule has 0 bridgehead atoms. The van der Waals surface area contributed by atoms with Crippen LogP contribution in [0.4, 0.5) is 0 Å². The number of ether oxygens (including phenoxy) is 2. The van der Waals surface area contributed by atoms with E-state index in [0.29, 0.717) is 54.2 Å². The van der Waals surface area contributed by atoms with Crippen LogP contribution in [0.15, 0.2) is 23.0 Å². The van der Waals surface area contributed by atoms with Crippen LogP contribution in [0.1, 0.15) is 56.1 Å². The minimum absolute atomic E-state index is 0.0932. The van der Waals surface area contributed by atoms with Crippen LogP contribution in [-0.2, 0) is 22.5 Å². The van der Waals surface area contributed by atoms with Gasteiger partial charge in [-0.1, -0.05) is 13.8 Å². The zero-order valence-corrected chi connectivity index (χ0v) is 18.9. The molecule has 3 aromatic rings. The predicted molar refractivity (Wildman–Crippen MR) is 120 cm³/mol. The van der Waals surface area contributed by atoms with Crippen molar-refractivity contribution in [3.8, 4) is 17.1 Å². The Morgan fingerprint density at radius 1 is 1.19 bits per heavy atom. The molecule has 0 aliphatic carbocycles. The molecule has 2 aromatic heterocycles. The Kier molecular flexibility index (Phi) is 7.40. The number of benzene rings is 1. The number of aromatic amines is 1. The van der Waals surface area contributed by atoms with E-state index in [-0.39, 0.29) is 29.2 Å². The third-order valence-electron chi connectivity index (χ3n) is 5.12. The van der Waals surface area contributed by atoms with Gasteiger partial charge in [0.25, 0.3) is 5.56 Å². The number of ketones is 1. The second-order valence-electron chi connectivity index (χ2n) is 7.43. The summed E-state index contributed by atoms with van der Waals surface area (Å²) in [5.41, 5.74) is 2.21. The van der Waals surface area contributed by atoms with Crippen LogP contribution in [0, 0.1) is 0 Å². The summed E-state index contributed by atoms with van der Waals surface area (Å²) in [7, 11) is 1.35. The summed E-state index contributed by atoms with van der Waals surface area (Å²) in [6, 6.07) is 5.11. The molecule has 0 spiro atoms. The lowest BCUT2D eigenvalue weighted by atomic mass is 10.1. The van der Waals surface area contributed by atoms with Gasteiger partial charge in [0, 0.05) is 18.5 Å². The SMILES string of the molecule is CCCOc1ccc(C(C)=O)cc1-c1nc2c(CC)n(CCCC(=O)OC)nc2c(=O)[nH]1. The first-order valence-electron chi connectivity index (χ1n) is 10.7. The highest BCUT2D eigenvalue weighted by Gasteiger charge is 2.19. The van der Waals surface area contributed by atoms with Crippen molar-refractivity contribution in [2.45, 2.75) is 53.0 Å². The molecule has 9 nitrogen and oxygen atoms in total. The van der Waals surface area contributed by atoms with Gasteiger partial charge in [-0.3, -0.25) is 19.1 Å². The number of aromatic nitrogens is 4. The Hall–Kier alpha value is -3.49. The maximum atomic E-state index is 12.9. The molecule has 0 radical (unpaired) electrons. The number of esters is 1. The number of carbonyl (C=O) groups is 2. The molecule has 1 N–H and O–H groups in total. The third-order valence-corrected chi connectivity index (χ3v) is 5.12. The Morgan fingerprint density at radius 2 is 1.97 bits per heavy atom. The lowest BCUT2D eigenvalue weighted by molar-refractivity contribution is -0.140. The Morgan fingerprint density at radius 3 is 2.62 bits per heavy atom. The fourth-order valence-electron chi connectivity index (χ4n) is 3.47. The van der Waals surface area contributed by atoms with Crippen LogP contribution in [-0.4, -0.2) is 45.2 Å². The third kappa shape index (κ3) is 4.87. The van der Waals surface area contributed by atoms with Gasteiger partial charge < -0.3 is 14.5 Å². The fraction of sp³-hybridized carbons (Fsp3) is 0.435. The van der Waals surface area contributed by atoms with Gasteiger partial charge >= 0.3 is 5.97 Å². The molecule has 3 rings (SSSR count). The minimum atomic E-state index is -0.374. The van der Waals surface area contributed by atoms with E-state index in [4.69, 9.17) is 9.72 Å². The van der Waals surface area contributed by atoms with Crippen LogP contribution in [0.5, 0.6) is 5.75 Å². The largest absolute Gasteiger partial charge is 0.493 e. The maximum Gasteiger partial charge on any atom is 0.305 e. The molecule has 0 amide bonds. The van der Waals surface area contributed by atoms with Crippen LogP contribution in [0.3, 0.4) is 0 Å². The molecule has 0 unspecified atom stereocenters. The van der Waals surface area contributed by atoms with Gasteiger partial charge in [0.15, 0.2) is 11.3 Å². The molecule has 0 aliphatic rings. The molecular formula is C23H28N4O5. The van der Waals surface area contributed by atoms with E-state index in [1.807, 2.05) is 13.8 Å². The summed E-state index contributed by atoms with van der Waals surface area (Å²) < 4.78 is 12.2. The van der Waals surface area contributed by atoms with Crippen LogP contribution >= 0.6 is 0 Å². The first-order chi connectivity index (χ1) is 15.4. The van der Waals surface area contributed by atoms with Crippen LogP contribution in [0.2, 0.25) is 0 Å². The van der Waals surface area contributed by atoms with Crippen molar-refractivity contribution in [3.63, 3.8) is 0 Å². The van der Waals surface area contributed by atoms with Crippen molar-refractivity contribution in [1.29, 1.82) is 0 Å². The van der Waals surface area contributed by atoms with Gasteiger partial charge in [-0.15, -0.1) is 0 Å². The molecular weight excluding hydrogens is 412 g/mol. The second-order valence-corrected chi connectivity index (χ2v) is 7.43. The number of H-pyrrole nitrogens is 1. The Balaban J connectivity index is 2.09. The van der Waals surface area contributed by atoms with E-state index >= 15 is 0 Å². The average molecular weight is 441 g/mol. The zero-order chi connectivity index (χ0) is 23.3. The normalized spacial score (nSPS) is 11.0. The molecule has 1 aromatic carbocycles. The highest BCUT2D eigenvalue weighted by atomic mass is 16.5. The second kappa shape index (κ2) is 10.2. The van der Waals surface area contributed by atoms with E-state index in [1.54, 1.807) is 22.9 Å². The fourth-order valence-corrected chi connectivity index (χ4v) is 3.47. The number of aryl methyl sites for hydroxylation is 2. The topological polar surface area (TPSA) is 116 Å². The van der Waals surface area contributed by atoms with E-state index < -0.39 is 0 Å². The molecule has 0 saturated carbocycles. The summed E-state index contributed by atoms with van der Waals surface area (Å²) in [5, 5.41) is 4.43. The van der Waals surface area contributed by atoms with Crippen molar-refractivity contribution in [3.05, 3.63) is 39.8 Å². The molecule has 32 heavy (non-hydrogen) atoms. The quantitative estimate of drug-likeness (QED) is 0.380. The molecule has 0 saturated heterocycles. The summed E-state index contributed by atoms with van der Waals surface area (Å²) in [6.07, 6.45) is 2.22. The first-order valence-corrected chi connectivity index (χ1v) is 10.7.